The van der Waals surface area contributed by atoms with Crippen molar-refractivity contribution in [1.29, 1.82) is 0 Å². The second-order valence-electron chi connectivity index (χ2n) is 4.97. The van der Waals surface area contributed by atoms with Gasteiger partial charge in [-0.05, 0) is 25.0 Å². The Balaban J connectivity index is 1.97. The number of aliphatic hydroxyl groups excluding tert-OH is 1. The van der Waals surface area contributed by atoms with Crippen LogP contribution >= 0.6 is 0 Å². The van der Waals surface area contributed by atoms with E-state index in [2.05, 4.69) is 15.4 Å². The summed E-state index contributed by atoms with van der Waals surface area (Å²) in [6, 6.07) is 10.1. The molecule has 0 saturated carbocycles. The molecule has 0 fully saturated rings. The van der Waals surface area contributed by atoms with Gasteiger partial charge in [-0.15, -0.1) is 0 Å². The second kappa shape index (κ2) is 6.53. The van der Waals surface area contributed by atoms with Gasteiger partial charge in [-0.3, -0.25) is 0 Å². The van der Waals surface area contributed by atoms with Crippen molar-refractivity contribution < 1.29 is 9.50 Å². The number of fused-ring (bicyclic) bond motifs is 1. The van der Waals surface area contributed by atoms with Crippen molar-refractivity contribution in [1.82, 2.24) is 14.6 Å². The van der Waals surface area contributed by atoms with Crippen molar-refractivity contribution in [3.05, 3.63) is 48.4 Å². The van der Waals surface area contributed by atoms with Gasteiger partial charge in [-0.1, -0.05) is 12.1 Å². The minimum atomic E-state index is -0.301. The highest BCUT2D eigenvalue weighted by atomic mass is 19.1. The number of aliphatic hydroxyl groups is 1. The van der Waals surface area contributed by atoms with E-state index in [9.17, 15) is 4.39 Å². The minimum absolute atomic E-state index is 0.176. The molecule has 0 aliphatic carbocycles. The zero-order chi connectivity index (χ0) is 15.4. The van der Waals surface area contributed by atoms with E-state index >= 15 is 0 Å². The van der Waals surface area contributed by atoms with Crippen LogP contribution in [0.3, 0.4) is 0 Å². The molecule has 3 rings (SSSR count). The summed E-state index contributed by atoms with van der Waals surface area (Å²) in [6.07, 6.45) is 3.24. The average Bonchev–Trinajstić information content (AvgIpc) is 3.00. The molecule has 1 aromatic carbocycles. The van der Waals surface area contributed by atoms with Crippen molar-refractivity contribution >= 4 is 11.5 Å². The third-order valence-electron chi connectivity index (χ3n) is 3.40. The van der Waals surface area contributed by atoms with Crippen molar-refractivity contribution in [2.75, 3.05) is 18.5 Å². The third-order valence-corrected chi connectivity index (χ3v) is 3.40. The van der Waals surface area contributed by atoms with Crippen LogP contribution in [0.2, 0.25) is 0 Å². The molecule has 0 spiro atoms. The Morgan fingerprint density at radius 1 is 1.18 bits per heavy atom. The maximum atomic E-state index is 14.0. The van der Waals surface area contributed by atoms with E-state index in [1.165, 1.54) is 6.07 Å². The predicted octanol–water partition coefficient (Wildman–Crippen LogP) is 2.72. The molecule has 0 unspecified atom stereocenters. The SMILES string of the molecule is OCCCCNc1cc(-c2ccccc2F)nc2ccnn12. The largest absolute Gasteiger partial charge is 0.396 e. The number of hydrogen-bond acceptors (Lipinski definition) is 4. The molecule has 0 radical (unpaired) electrons. The smallest absolute Gasteiger partial charge is 0.157 e. The predicted molar refractivity (Wildman–Crippen MR) is 83.2 cm³/mol. The lowest BCUT2D eigenvalue weighted by molar-refractivity contribution is 0.286. The molecule has 0 aliphatic heterocycles. The molecule has 2 aromatic heterocycles. The molecule has 6 heteroatoms. The zero-order valence-corrected chi connectivity index (χ0v) is 12.0. The van der Waals surface area contributed by atoms with Gasteiger partial charge in [0.1, 0.15) is 11.6 Å². The molecule has 114 valence electrons. The van der Waals surface area contributed by atoms with Crippen LogP contribution in [0.5, 0.6) is 0 Å². The fourth-order valence-corrected chi connectivity index (χ4v) is 2.30. The number of unbranched alkanes of at least 4 members (excludes halogenated alkanes) is 1. The van der Waals surface area contributed by atoms with Crippen molar-refractivity contribution in [3.63, 3.8) is 0 Å². The summed E-state index contributed by atoms with van der Waals surface area (Å²) < 4.78 is 15.7. The highest BCUT2D eigenvalue weighted by Gasteiger charge is 2.10. The first kappa shape index (κ1) is 14.5. The monoisotopic (exact) mass is 300 g/mol. The van der Waals surface area contributed by atoms with Crippen LogP contribution in [0.15, 0.2) is 42.6 Å². The van der Waals surface area contributed by atoms with E-state index in [0.29, 0.717) is 23.4 Å². The fourth-order valence-electron chi connectivity index (χ4n) is 2.30. The molecule has 3 aromatic rings. The first-order valence-corrected chi connectivity index (χ1v) is 7.24. The number of nitrogens with zero attached hydrogens (tertiary/aromatic N) is 3. The molecule has 0 amide bonds. The molecule has 2 N–H and O–H groups in total. The van der Waals surface area contributed by atoms with E-state index in [1.807, 2.05) is 0 Å². The Morgan fingerprint density at radius 2 is 2.05 bits per heavy atom. The molecule has 0 bridgehead atoms. The van der Waals surface area contributed by atoms with Crippen LogP contribution in [-0.2, 0) is 0 Å². The highest BCUT2D eigenvalue weighted by Crippen LogP contribution is 2.24. The van der Waals surface area contributed by atoms with E-state index in [1.54, 1.807) is 41.0 Å². The molecule has 5 nitrogen and oxygen atoms in total. The van der Waals surface area contributed by atoms with Crippen LogP contribution < -0.4 is 5.32 Å². The summed E-state index contributed by atoms with van der Waals surface area (Å²) in [5.41, 5.74) is 1.69. The van der Waals surface area contributed by atoms with Crippen LogP contribution in [0.1, 0.15) is 12.8 Å². The van der Waals surface area contributed by atoms with Gasteiger partial charge < -0.3 is 10.4 Å². The van der Waals surface area contributed by atoms with Gasteiger partial charge >= 0.3 is 0 Å². The van der Waals surface area contributed by atoms with E-state index < -0.39 is 0 Å². The number of nitrogens with one attached hydrogen (secondary N) is 1. The van der Waals surface area contributed by atoms with Gasteiger partial charge in [-0.25, -0.2) is 9.37 Å². The van der Waals surface area contributed by atoms with Gasteiger partial charge in [0.25, 0.3) is 0 Å². The first-order valence-electron chi connectivity index (χ1n) is 7.24. The first-order chi connectivity index (χ1) is 10.8. The van der Waals surface area contributed by atoms with Gasteiger partial charge in [0.15, 0.2) is 5.65 Å². The second-order valence-corrected chi connectivity index (χ2v) is 4.97. The van der Waals surface area contributed by atoms with Crippen LogP contribution in [0.4, 0.5) is 10.2 Å². The molecular weight excluding hydrogens is 283 g/mol. The molecule has 2 heterocycles. The number of anilines is 1. The lowest BCUT2D eigenvalue weighted by Crippen LogP contribution is -2.08. The van der Waals surface area contributed by atoms with Gasteiger partial charge in [-0.2, -0.15) is 9.61 Å². The highest BCUT2D eigenvalue weighted by molar-refractivity contribution is 5.66. The zero-order valence-electron chi connectivity index (χ0n) is 12.0. The van der Waals surface area contributed by atoms with E-state index in [4.69, 9.17) is 5.11 Å². The van der Waals surface area contributed by atoms with Crippen LogP contribution in [0, 0.1) is 5.82 Å². The summed E-state index contributed by atoms with van der Waals surface area (Å²) in [5.74, 6) is 0.455. The molecular formula is C16H17FN4O. The summed E-state index contributed by atoms with van der Waals surface area (Å²) in [4.78, 5) is 4.45. The molecule has 22 heavy (non-hydrogen) atoms. The standard InChI is InChI=1S/C16H17FN4O/c17-13-6-2-1-5-12(13)14-11-16(18-8-3-4-10-22)21-15(20-14)7-9-19-21/h1-2,5-7,9,11,18,22H,3-4,8,10H2. The van der Waals surface area contributed by atoms with Gasteiger partial charge in [0, 0.05) is 30.8 Å². The van der Waals surface area contributed by atoms with E-state index in [-0.39, 0.29) is 12.4 Å². The lowest BCUT2D eigenvalue weighted by atomic mass is 10.1. The third kappa shape index (κ3) is 2.92. The van der Waals surface area contributed by atoms with Crippen LogP contribution in [-0.4, -0.2) is 32.9 Å². The average molecular weight is 300 g/mol. The lowest BCUT2D eigenvalue weighted by Gasteiger charge is -2.10. The Kier molecular flexibility index (Phi) is 4.29. The maximum Gasteiger partial charge on any atom is 0.157 e. The van der Waals surface area contributed by atoms with Crippen LogP contribution in [0.25, 0.3) is 16.9 Å². The van der Waals surface area contributed by atoms with Crippen molar-refractivity contribution in [3.8, 4) is 11.3 Å². The number of halogens is 1. The maximum absolute atomic E-state index is 14.0. The Morgan fingerprint density at radius 3 is 2.86 bits per heavy atom. The molecule has 0 aliphatic rings. The summed E-state index contributed by atoms with van der Waals surface area (Å²) >= 11 is 0. The van der Waals surface area contributed by atoms with Crippen molar-refractivity contribution in [2.24, 2.45) is 0 Å². The summed E-state index contributed by atoms with van der Waals surface area (Å²) in [5, 5.41) is 16.3. The summed E-state index contributed by atoms with van der Waals surface area (Å²) in [7, 11) is 0. The normalized spacial score (nSPS) is 11.0. The quantitative estimate of drug-likeness (QED) is 0.687. The van der Waals surface area contributed by atoms with Gasteiger partial charge in [0.2, 0.25) is 0 Å². The number of hydrogen-bond donors (Lipinski definition) is 2. The van der Waals surface area contributed by atoms with Crippen molar-refractivity contribution in [2.45, 2.75) is 12.8 Å². The molecule has 0 atom stereocenters. The molecule has 0 saturated heterocycles. The van der Waals surface area contributed by atoms with Gasteiger partial charge in [0.05, 0.1) is 11.9 Å². The topological polar surface area (TPSA) is 62.5 Å². The Bertz CT molecular complexity index is 772. The summed E-state index contributed by atoms with van der Waals surface area (Å²) in [6.45, 7) is 0.881. The minimum Gasteiger partial charge on any atom is -0.396 e. The number of benzene rings is 1. The Hall–Kier alpha value is -2.47. The fraction of sp³-hybridized carbons (Fsp3) is 0.250. The van der Waals surface area contributed by atoms with E-state index in [0.717, 1.165) is 18.7 Å². The number of rotatable bonds is 6. The number of aromatic nitrogens is 3. The Labute approximate surface area is 127 Å².